The second kappa shape index (κ2) is 6.38. The third-order valence-electron chi connectivity index (χ3n) is 2.24. The van der Waals surface area contributed by atoms with E-state index in [4.69, 9.17) is 16.7 Å². The Balaban J connectivity index is 2.78. The lowest BCUT2D eigenvalue weighted by Gasteiger charge is -2.12. The summed E-state index contributed by atoms with van der Waals surface area (Å²) in [4.78, 5) is 1.03. The summed E-state index contributed by atoms with van der Waals surface area (Å²) in [7, 11) is 1.92. The molecule has 0 amide bonds. The lowest BCUT2D eigenvalue weighted by atomic mass is 10.1. The van der Waals surface area contributed by atoms with Gasteiger partial charge in [0, 0.05) is 16.7 Å². The van der Waals surface area contributed by atoms with Crippen molar-refractivity contribution in [2.75, 3.05) is 19.4 Å². The van der Waals surface area contributed by atoms with Crippen molar-refractivity contribution in [3.8, 4) is 0 Å². The van der Waals surface area contributed by atoms with Crippen molar-refractivity contribution in [2.45, 2.75) is 17.9 Å². The van der Waals surface area contributed by atoms with E-state index in [1.165, 1.54) is 5.56 Å². The van der Waals surface area contributed by atoms with Gasteiger partial charge in [0.25, 0.3) is 0 Å². The molecule has 1 unspecified atom stereocenters. The van der Waals surface area contributed by atoms with E-state index in [0.29, 0.717) is 11.8 Å². The van der Waals surface area contributed by atoms with E-state index in [0.717, 1.165) is 9.92 Å². The Morgan fingerprint density at radius 3 is 2.80 bits per heavy atom. The summed E-state index contributed by atoms with van der Waals surface area (Å²) in [5.74, 6) is 0.681. The molecule has 0 aliphatic rings. The van der Waals surface area contributed by atoms with Crippen LogP contribution in [0.4, 0.5) is 0 Å². The molecule has 0 aliphatic carbocycles. The van der Waals surface area contributed by atoms with Gasteiger partial charge in [0.05, 0.1) is 11.6 Å². The third kappa shape index (κ3) is 3.68. The number of thioether (sulfide) groups is 1. The molecular weight excluding hydrogens is 230 g/mol. The number of halogens is 1. The van der Waals surface area contributed by atoms with Crippen LogP contribution >= 0.6 is 23.4 Å². The minimum absolute atomic E-state index is 0.176. The van der Waals surface area contributed by atoms with Crippen molar-refractivity contribution in [3.05, 3.63) is 28.8 Å². The van der Waals surface area contributed by atoms with Crippen LogP contribution in [-0.4, -0.2) is 24.5 Å². The lowest BCUT2D eigenvalue weighted by Crippen LogP contribution is -2.12. The molecule has 2 N–H and O–H groups in total. The van der Waals surface area contributed by atoms with Crippen molar-refractivity contribution < 1.29 is 5.11 Å². The SMILES string of the molecule is CNC(C)c1ccc(SCCO)c(Cl)c1. The molecule has 1 rings (SSSR count). The molecule has 2 nitrogen and oxygen atoms in total. The van der Waals surface area contributed by atoms with Crippen LogP contribution in [0, 0.1) is 0 Å². The maximum Gasteiger partial charge on any atom is 0.0545 e. The van der Waals surface area contributed by atoms with Gasteiger partial charge in [-0.2, -0.15) is 0 Å². The molecule has 0 fully saturated rings. The van der Waals surface area contributed by atoms with Crippen molar-refractivity contribution >= 4 is 23.4 Å². The molecule has 84 valence electrons. The molecule has 0 aromatic heterocycles. The Kier molecular flexibility index (Phi) is 5.47. The fourth-order valence-corrected chi connectivity index (χ4v) is 2.25. The number of aliphatic hydroxyl groups excluding tert-OH is 1. The summed E-state index contributed by atoms with van der Waals surface area (Å²) in [6, 6.07) is 6.35. The highest BCUT2D eigenvalue weighted by Gasteiger charge is 2.06. The summed E-state index contributed by atoms with van der Waals surface area (Å²) >= 11 is 7.71. The quantitative estimate of drug-likeness (QED) is 0.783. The van der Waals surface area contributed by atoms with E-state index in [-0.39, 0.29) is 6.61 Å². The van der Waals surface area contributed by atoms with Crippen LogP contribution in [0.3, 0.4) is 0 Å². The fourth-order valence-electron chi connectivity index (χ4n) is 1.23. The molecule has 0 saturated heterocycles. The molecule has 4 heteroatoms. The van der Waals surface area contributed by atoms with Crippen LogP contribution in [0.15, 0.2) is 23.1 Å². The highest BCUT2D eigenvalue weighted by molar-refractivity contribution is 7.99. The molecule has 0 heterocycles. The van der Waals surface area contributed by atoms with Crippen LogP contribution < -0.4 is 5.32 Å². The smallest absolute Gasteiger partial charge is 0.0545 e. The Morgan fingerprint density at radius 1 is 1.53 bits per heavy atom. The minimum Gasteiger partial charge on any atom is -0.396 e. The molecule has 0 radical (unpaired) electrons. The van der Waals surface area contributed by atoms with Gasteiger partial charge >= 0.3 is 0 Å². The summed E-state index contributed by atoms with van der Waals surface area (Å²) in [5, 5.41) is 12.6. The van der Waals surface area contributed by atoms with Crippen LogP contribution in [0.5, 0.6) is 0 Å². The number of nitrogens with one attached hydrogen (secondary N) is 1. The predicted octanol–water partition coefficient (Wildman–Crippen LogP) is 2.70. The molecule has 0 aliphatic heterocycles. The molecule has 1 atom stereocenters. The zero-order valence-corrected chi connectivity index (χ0v) is 10.5. The minimum atomic E-state index is 0.176. The topological polar surface area (TPSA) is 32.3 Å². The van der Waals surface area contributed by atoms with Gasteiger partial charge in [-0.15, -0.1) is 11.8 Å². The molecule has 0 saturated carbocycles. The lowest BCUT2D eigenvalue weighted by molar-refractivity contribution is 0.322. The molecular formula is C11H16ClNOS. The highest BCUT2D eigenvalue weighted by atomic mass is 35.5. The van der Waals surface area contributed by atoms with Crippen molar-refractivity contribution in [1.29, 1.82) is 0 Å². The maximum atomic E-state index is 8.73. The Labute approximate surface area is 100 Å². The summed E-state index contributed by atoms with van der Waals surface area (Å²) < 4.78 is 0. The second-order valence-electron chi connectivity index (χ2n) is 3.27. The number of hydrogen-bond acceptors (Lipinski definition) is 3. The Morgan fingerprint density at radius 2 is 2.27 bits per heavy atom. The van der Waals surface area contributed by atoms with Crippen molar-refractivity contribution in [1.82, 2.24) is 5.32 Å². The molecule has 1 aromatic rings. The monoisotopic (exact) mass is 245 g/mol. The first-order valence-corrected chi connectivity index (χ1v) is 6.25. The van der Waals surface area contributed by atoms with E-state index < -0.39 is 0 Å². The van der Waals surface area contributed by atoms with E-state index >= 15 is 0 Å². The van der Waals surface area contributed by atoms with Crippen LogP contribution in [-0.2, 0) is 0 Å². The second-order valence-corrected chi connectivity index (χ2v) is 4.82. The van der Waals surface area contributed by atoms with Gasteiger partial charge < -0.3 is 10.4 Å². The molecule has 15 heavy (non-hydrogen) atoms. The summed E-state index contributed by atoms with van der Waals surface area (Å²) in [6.07, 6.45) is 0. The summed E-state index contributed by atoms with van der Waals surface area (Å²) in [6.45, 7) is 2.27. The Hall–Kier alpha value is -0.220. The normalized spacial score (nSPS) is 12.8. The first-order valence-electron chi connectivity index (χ1n) is 4.89. The third-order valence-corrected chi connectivity index (χ3v) is 3.72. The van der Waals surface area contributed by atoms with E-state index in [1.54, 1.807) is 11.8 Å². The van der Waals surface area contributed by atoms with E-state index in [2.05, 4.69) is 18.3 Å². The van der Waals surface area contributed by atoms with Crippen molar-refractivity contribution in [2.24, 2.45) is 0 Å². The zero-order chi connectivity index (χ0) is 11.3. The standard InChI is InChI=1S/C11H16ClNOS/c1-8(13-2)9-3-4-11(10(12)7-9)15-6-5-14/h3-4,7-8,13-14H,5-6H2,1-2H3. The number of benzene rings is 1. The first-order chi connectivity index (χ1) is 7.19. The van der Waals surface area contributed by atoms with E-state index in [9.17, 15) is 0 Å². The zero-order valence-electron chi connectivity index (χ0n) is 8.96. The highest BCUT2D eigenvalue weighted by Crippen LogP contribution is 2.29. The van der Waals surface area contributed by atoms with Gasteiger partial charge in [0.1, 0.15) is 0 Å². The van der Waals surface area contributed by atoms with Gasteiger partial charge in [0.2, 0.25) is 0 Å². The molecule has 0 spiro atoms. The molecule has 0 bridgehead atoms. The van der Waals surface area contributed by atoms with Crippen LogP contribution in [0.25, 0.3) is 0 Å². The summed E-state index contributed by atoms with van der Waals surface area (Å²) in [5.41, 5.74) is 1.18. The predicted molar refractivity (Wildman–Crippen MR) is 66.7 cm³/mol. The van der Waals surface area contributed by atoms with Gasteiger partial charge in [0.15, 0.2) is 0 Å². The van der Waals surface area contributed by atoms with Gasteiger partial charge in [-0.3, -0.25) is 0 Å². The van der Waals surface area contributed by atoms with Gasteiger partial charge in [-0.1, -0.05) is 17.7 Å². The molecule has 1 aromatic carbocycles. The number of rotatable bonds is 5. The average molecular weight is 246 g/mol. The largest absolute Gasteiger partial charge is 0.396 e. The fraction of sp³-hybridized carbons (Fsp3) is 0.455. The van der Waals surface area contributed by atoms with Crippen LogP contribution in [0.1, 0.15) is 18.5 Å². The van der Waals surface area contributed by atoms with Gasteiger partial charge in [-0.25, -0.2) is 0 Å². The first kappa shape index (κ1) is 12.8. The number of aliphatic hydroxyl groups is 1. The maximum absolute atomic E-state index is 8.73. The van der Waals surface area contributed by atoms with E-state index in [1.807, 2.05) is 19.2 Å². The van der Waals surface area contributed by atoms with Gasteiger partial charge in [-0.05, 0) is 31.7 Å². The van der Waals surface area contributed by atoms with Crippen molar-refractivity contribution in [3.63, 3.8) is 0 Å². The Bertz CT molecular complexity index is 319. The average Bonchev–Trinajstić information content (AvgIpc) is 2.26. The number of hydrogen-bond donors (Lipinski definition) is 2. The van der Waals surface area contributed by atoms with Crippen LogP contribution in [0.2, 0.25) is 5.02 Å².